The molecule has 2 N–H and O–H groups in total. The van der Waals surface area contributed by atoms with Crippen LogP contribution < -0.4 is 10.2 Å². The molecule has 13 heteroatoms. The molecule has 3 aliphatic heterocycles. The van der Waals surface area contributed by atoms with Crippen LogP contribution in [-0.2, 0) is 21.7 Å². The van der Waals surface area contributed by atoms with E-state index in [1.165, 1.54) is 6.33 Å². The number of piperidine rings is 1. The molecule has 2 fully saturated rings. The lowest BCUT2D eigenvalue weighted by atomic mass is 9.83. The molecule has 6 heterocycles. The van der Waals surface area contributed by atoms with Gasteiger partial charge in [0.25, 0.3) is 0 Å². The van der Waals surface area contributed by atoms with Crippen LogP contribution in [0, 0.1) is 0 Å². The van der Waals surface area contributed by atoms with Gasteiger partial charge in [0, 0.05) is 68.1 Å². The van der Waals surface area contributed by atoms with E-state index in [0.717, 1.165) is 16.5 Å². The van der Waals surface area contributed by atoms with Crippen LogP contribution in [0.3, 0.4) is 0 Å². The summed E-state index contributed by atoms with van der Waals surface area (Å²) in [5.74, 6) is 1.07. The number of rotatable bonds is 4. The summed E-state index contributed by atoms with van der Waals surface area (Å²) in [7, 11) is 0. The fraction of sp³-hybridized carbons (Fsp3) is 0.321. The Balaban J connectivity index is 1.19. The first-order chi connectivity index (χ1) is 19.8. The van der Waals surface area contributed by atoms with E-state index in [-0.39, 0.29) is 12.5 Å². The fourth-order valence-electron chi connectivity index (χ4n) is 5.97. The van der Waals surface area contributed by atoms with E-state index in [1.807, 2.05) is 35.4 Å². The maximum Gasteiger partial charge on any atom is 0.413 e. The average molecular weight is 594 g/mol. The lowest BCUT2D eigenvalue weighted by Crippen LogP contribution is -2.51. The molecule has 3 aromatic heterocycles. The summed E-state index contributed by atoms with van der Waals surface area (Å²) in [5.41, 5.74) is 2.04. The number of anilines is 2. The monoisotopic (exact) mass is 593 g/mol. The summed E-state index contributed by atoms with van der Waals surface area (Å²) in [5, 5.41) is 14.1. The summed E-state index contributed by atoms with van der Waals surface area (Å²) in [6.45, 7) is 1.78. The summed E-state index contributed by atoms with van der Waals surface area (Å²) in [6.07, 6.45) is 4.92. The highest BCUT2D eigenvalue weighted by Crippen LogP contribution is 2.43. The minimum absolute atomic E-state index is 0.0419. The number of hydrogen-bond acceptors (Lipinski definition) is 8. The molecule has 0 saturated carbocycles. The van der Waals surface area contributed by atoms with Gasteiger partial charge < -0.3 is 24.2 Å². The van der Waals surface area contributed by atoms with Crippen molar-refractivity contribution in [1.82, 2.24) is 24.4 Å². The SMILES string of the molecule is O=C1Nc2ncccc2C2(CCN(C(=O)Cn3cc(-c4cccc(Cl)c4Cl)c4c(N5CC(O)C5)ncnc43)CC2)O1. The number of aliphatic hydroxyl groups is 1. The van der Waals surface area contributed by atoms with E-state index in [0.29, 0.717) is 71.9 Å². The Kier molecular flexibility index (Phi) is 6.25. The first-order valence-electron chi connectivity index (χ1n) is 13.3. The largest absolute Gasteiger partial charge is 0.437 e. The maximum absolute atomic E-state index is 13.6. The second-order valence-corrected chi connectivity index (χ2v) is 11.3. The lowest BCUT2D eigenvalue weighted by molar-refractivity contribution is -0.136. The smallest absolute Gasteiger partial charge is 0.413 e. The predicted octanol–water partition coefficient (Wildman–Crippen LogP) is 4.06. The highest BCUT2D eigenvalue weighted by molar-refractivity contribution is 6.44. The van der Waals surface area contributed by atoms with Gasteiger partial charge in [-0.2, -0.15) is 0 Å². The van der Waals surface area contributed by atoms with Crippen LogP contribution in [0.2, 0.25) is 10.0 Å². The molecule has 210 valence electrons. The Bertz CT molecular complexity index is 1700. The van der Waals surface area contributed by atoms with E-state index < -0.39 is 17.8 Å². The molecular weight excluding hydrogens is 569 g/mol. The molecule has 0 aliphatic carbocycles. The molecule has 0 bridgehead atoms. The van der Waals surface area contributed by atoms with Crippen LogP contribution in [0.25, 0.3) is 22.2 Å². The highest BCUT2D eigenvalue weighted by atomic mass is 35.5. The van der Waals surface area contributed by atoms with Crippen LogP contribution in [0.4, 0.5) is 16.4 Å². The Morgan fingerprint density at radius 1 is 1.10 bits per heavy atom. The Morgan fingerprint density at radius 2 is 1.90 bits per heavy atom. The predicted molar refractivity (Wildman–Crippen MR) is 153 cm³/mol. The van der Waals surface area contributed by atoms with Crippen molar-refractivity contribution in [1.29, 1.82) is 0 Å². The van der Waals surface area contributed by atoms with Gasteiger partial charge in [-0.3, -0.25) is 10.1 Å². The molecule has 4 aromatic rings. The van der Waals surface area contributed by atoms with Gasteiger partial charge in [0.15, 0.2) is 0 Å². The number of aliphatic hydroxyl groups excluding tert-OH is 1. The zero-order chi connectivity index (χ0) is 28.3. The lowest BCUT2D eigenvalue weighted by Gasteiger charge is -2.43. The first kappa shape index (κ1) is 26.0. The summed E-state index contributed by atoms with van der Waals surface area (Å²) < 4.78 is 7.59. The highest BCUT2D eigenvalue weighted by Gasteiger charge is 2.45. The number of carbonyl (C=O) groups is 2. The number of carbonyl (C=O) groups excluding carboxylic acids is 2. The van der Waals surface area contributed by atoms with Gasteiger partial charge in [-0.25, -0.2) is 19.7 Å². The summed E-state index contributed by atoms with van der Waals surface area (Å²) in [4.78, 5) is 43.0. The zero-order valence-electron chi connectivity index (χ0n) is 21.8. The van der Waals surface area contributed by atoms with E-state index in [1.54, 1.807) is 21.7 Å². The van der Waals surface area contributed by atoms with Crippen LogP contribution in [0.15, 0.2) is 49.1 Å². The van der Waals surface area contributed by atoms with Gasteiger partial charge in [0.1, 0.15) is 35.8 Å². The summed E-state index contributed by atoms with van der Waals surface area (Å²) >= 11 is 13.0. The zero-order valence-corrected chi connectivity index (χ0v) is 23.3. The Morgan fingerprint density at radius 3 is 2.68 bits per heavy atom. The standard InChI is InChI=1S/C28H25Cl2N7O4/c29-20-5-1-3-17(23(20)30)18-13-37(26-22(18)25(32-15-33-26)36-11-16(38)12-36)14-21(39)35-9-6-28(7-10-35)19-4-2-8-31-24(19)34-27(40)41-28/h1-5,8,13,15-16,38H,6-7,9-12,14H2,(H,31,34,40). The van der Waals surface area contributed by atoms with Gasteiger partial charge in [-0.15, -0.1) is 0 Å². The molecule has 0 unspecified atom stereocenters. The molecule has 3 aliphatic rings. The van der Waals surface area contributed by atoms with Crippen molar-refractivity contribution in [3.8, 4) is 11.1 Å². The number of nitrogens with zero attached hydrogens (tertiary/aromatic N) is 6. The second kappa shape index (κ2) is 9.86. The van der Waals surface area contributed by atoms with Crippen LogP contribution in [0.5, 0.6) is 0 Å². The van der Waals surface area contributed by atoms with Crippen molar-refractivity contribution >= 4 is 57.9 Å². The molecule has 41 heavy (non-hydrogen) atoms. The van der Waals surface area contributed by atoms with Crippen molar-refractivity contribution in [2.45, 2.75) is 31.1 Å². The topological polar surface area (TPSA) is 126 Å². The minimum atomic E-state index is -0.816. The average Bonchev–Trinajstić information content (AvgIpc) is 3.31. The number of fused-ring (bicyclic) bond motifs is 3. The number of amides is 2. The van der Waals surface area contributed by atoms with Gasteiger partial charge >= 0.3 is 6.09 Å². The van der Waals surface area contributed by atoms with Crippen molar-refractivity contribution in [2.75, 3.05) is 36.4 Å². The third kappa shape index (κ3) is 4.35. The number of aromatic nitrogens is 4. The molecule has 2 amide bonds. The van der Waals surface area contributed by atoms with Crippen molar-refractivity contribution < 1.29 is 19.4 Å². The van der Waals surface area contributed by atoms with E-state index >= 15 is 0 Å². The first-order valence-corrected chi connectivity index (χ1v) is 14.0. The number of ether oxygens (including phenoxy) is 1. The van der Waals surface area contributed by atoms with Crippen LogP contribution in [-0.4, -0.2) is 73.8 Å². The number of hydrogen-bond donors (Lipinski definition) is 2. The Labute approximate surface area is 244 Å². The van der Waals surface area contributed by atoms with Crippen molar-refractivity contribution in [2.24, 2.45) is 0 Å². The molecule has 0 radical (unpaired) electrons. The molecule has 7 rings (SSSR count). The number of likely N-dealkylation sites (tertiary alicyclic amines) is 1. The molecule has 2 saturated heterocycles. The van der Waals surface area contributed by atoms with Gasteiger partial charge in [0.2, 0.25) is 5.91 Å². The fourth-order valence-corrected chi connectivity index (χ4v) is 6.38. The van der Waals surface area contributed by atoms with Crippen molar-refractivity contribution in [3.05, 3.63) is 64.7 Å². The van der Waals surface area contributed by atoms with Crippen LogP contribution >= 0.6 is 23.2 Å². The van der Waals surface area contributed by atoms with E-state index in [4.69, 9.17) is 27.9 Å². The maximum atomic E-state index is 13.6. The van der Waals surface area contributed by atoms with E-state index in [9.17, 15) is 14.7 Å². The van der Waals surface area contributed by atoms with Gasteiger partial charge in [-0.05, 0) is 18.2 Å². The van der Waals surface area contributed by atoms with Gasteiger partial charge in [-0.1, -0.05) is 35.3 Å². The van der Waals surface area contributed by atoms with E-state index in [2.05, 4.69) is 20.3 Å². The number of benzene rings is 1. The molecule has 1 spiro atoms. The number of pyridine rings is 1. The van der Waals surface area contributed by atoms with Crippen LogP contribution in [0.1, 0.15) is 18.4 Å². The third-order valence-electron chi connectivity index (χ3n) is 8.07. The van der Waals surface area contributed by atoms with Gasteiger partial charge in [0.05, 0.1) is 21.5 Å². The molecule has 0 atom stereocenters. The second-order valence-electron chi connectivity index (χ2n) is 10.5. The summed E-state index contributed by atoms with van der Waals surface area (Å²) in [6, 6.07) is 9.13. The van der Waals surface area contributed by atoms with Crippen molar-refractivity contribution in [3.63, 3.8) is 0 Å². The molecule has 1 aromatic carbocycles. The normalized spacial score (nSPS) is 18.2. The quantitative estimate of drug-likeness (QED) is 0.363. The number of nitrogens with one attached hydrogen (secondary N) is 1. The Hall–Kier alpha value is -3.93. The number of halogens is 2. The minimum Gasteiger partial charge on any atom is -0.437 e. The third-order valence-corrected chi connectivity index (χ3v) is 8.89. The molecule has 11 nitrogen and oxygen atoms in total. The molecular formula is C28H25Cl2N7O4. The number of β-amino-alcohol motifs (C(OH)–C–C–N with tert-alkyl or cyclic N) is 1.